The van der Waals surface area contributed by atoms with Crippen LogP contribution < -0.4 is 0 Å². The van der Waals surface area contributed by atoms with Gasteiger partial charge in [-0.3, -0.25) is 0 Å². The monoisotopic (exact) mass is 257 g/mol. The summed E-state index contributed by atoms with van der Waals surface area (Å²) >= 11 is 0. The Balaban J connectivity index is 1.76. The highest BCUT2D eigenvalue weighted by atomic mass is 14.4. The van der Waals surface area contributed by atoms with Crippen LogP contribution in [0.15, 0.2) is 84.5 Å². The maximum Gasteiger partial charge on any atom is 0.0646 e. The summed E-state index contributed by atoms with van der Waals surface area (Å²) in [6.07, 6.45) is 8.31. The number of benzene rings is 2. The van der Waals surface area contributed by atoms with E-state index in [2.05, 4.69) is 78.9 Å². The largest absolute Gasteiger partial charge is 0.0824 e. The number of rotatable bonds is 3. The Labute approximate surface area is 120 Å². The van der Waals surface area contributed by atoms with Crippen molar-refractivity contribution >= 4 is 0 Å². The van der Waals surface area contributed by atoms with E-state index in [4.69, 9.17) is 0 Å². The van der Waals surface area contributed by atoms with Crippen molar-refractivity contribution in [2.24, 2.45) is 11.8 Å². The summed E-state index contributed by atoms with van der Waals surface area (Å²) < 4.78 is 0. The van der Waals surface area contributed by atoms with Crippen molar-refractivity contribution in [3.05, 3.63) is 102 Å². The molecule has 0 nitrogen and oxygen atoms in total. The number of hydrogen-bond acceptors (Lipinski definition) is 0. The highest BCUT2D eigenvalue weighted by Gasteiger charge is 2.36. The van der Waals surface area contributed by atoms with Gasteiger partial charge in [-0.25, -0.2) is 0 Å². The van der Waals surface area contributed by atoms with E-state index in [1.54, 1.807) is 0 Å². The Kier molecular flexibility index (Phi) is 2.74. The van der Waals surface area contributed by atoms with E-state index in [-0.39, 0.29) is 0 Å². The van der Waals surface area contributed by atoms with Gasteiger partial charge < -0.3 is 0 Å². The van der Waals surface area contributed by atoms with E-state index in [0.29, 0.717) is 5.92 Å². The SMILES string of the molecule is C1=CC2CC([C+](c3ccccc3)c3ccccc3)=CC12. The van der Waals surface area contributed by atoms with Crippen molar-refractivity contribution in [3.8, 4) is 0 Å². The van der Waals surface area contributed by atoms with Gasteiger partial charge in [-0.15, -0.1) is 0 Å². The lowest BCUT2D eigenvalue weighted by molar-refractivity contribution is 0.540. The molecule has 96 valence electrons. The zero-order valence-corrected chi connectivity index (χ0v) is 11.4. The zero-order valence-electron chi connectivity index (χ0n) is 11.4. The first kappa shape index (κ1) is 11.6. The lowest BCUT2D eigenvalue weighted by Gasteiger charge is -2.19. The average molecular weight is 257 g/mol. The molecule has 2 aromatic carbocycles. The van der Waals surface area contributed by atoms with E-state index < -0.39 is 0 Å². The topological polar surface area (TPSA) is 0 Å². The Hall–Kier alpha value is -2.21. The van der Waals surface area contributed by atoms with E-state index in [9.17, 15) is 0 Å². The van der Waals surface area contributed by atoms with Crippen molar-refractivity contribution in [1.29, 1.82) is 0 Å². The molecule has 0 aliphatic heterocycles. The first-order chi connectivity index (χ1) is 9.92. The van der Waals surface area contributed by atoms with Crippen LogP contribution in [0.5, 0.6) is 0 Å². The summed E-state index contributed by atoms with van der Waals surface area (Å²) in [7, 11) is 0. The van der Waals surface area contributed by atoms with Crippen molar-refractivity contribution < 1.29 is 0 Å². The van der Waals surface area contributed by atoms with Crippen molar-refractivity contribution in [2.75, 3.05) is 0 Å². The fraction of sp³-hybridized carbons (Fsp3) is 0.150. The van der Waals surface area contributed by atoms with Crippen LogP contribution in [0.2, 0.25) is 0 Å². The van der Waals surface area contributed by atoms with Gasteiger partial charge in [-0.2, -0.15) is 0 Å². The molecule has 0 saturated heterocycles. The third-order valence-electron chi connectivity index (χ3n) is 4.37. The number of fused-ring (bicyclic) bond motifs is 1. The molecular formula is C20H17+. The molecule has 0 saturated carbocycles. The van der Waals surface area contributed by atoms with Crippen LogP contribution in [0.25, 0.3) is 0 Å². The predicted molar refractivity (Wildman–Crippen MR) is 83.2 cm³/mol. The van der Waals surface area contributed by atoms with Crippen LogP contribution in [0.1, 0.15) is 17.5 Å². The van der Waals surface area contributed by atoms with Crippen molar-refractivity contribution in [2.45, 2.75) is 6.42 Å². The normalized spacial score (nSPS) is 22.9. The summed E-state index contributed by atoms with van der Waals surface area (Å²) in [5.74, 6) is 2.82. The van der Waals surface area contributed by atoms with Gasteiger partial charge in [0.15, 0.2) is 0 Å². The summed E-state index contributed by atoms with van der Waals surface area (Å²) in [5, 5.41) is 0. The van der Waals surface area contributed by atoms with Gasteiger partial charge >= 0.3 is 0 Å². The van der Waals surface area contributed by atoms with Gasteiger partial charge in [0, 0.05) is 11.5 Å². The number of allylic oxidation sites excluding steroid dienone is 4. The second-order valence-corrected chi connectivity index (χ2v) is 5.63. The molecule has 0 fully saturated rings. The minimum Gasteiger partial charge on any atom is -0.0824 e. The minimum absolute atomic E-state index is 0.674. The Morgan fingerprint density at radius 3 is 1.75 bits per heavy atom. The van der Waals surface area contributed by atoms with Gasteiger partial charge in [-0.1, -0.05) is 12.2 Å². The molecule has 2 aromatic rings. The quantitative estimate of drug-likeness (QED) is 0.548. The molecule has 0 N–H and O–H groups in total. The van der Waals surface area contributed by atoms with E-state index in [1.807, 2.05) is 0 Å². The summed E-state index contributed by atoms with van der Waals surface area (Å²) in [4.78, 5) is 0. The molecular weight excluding hydrogens is 240 g/mol. The lowest BCUT2D eigenvalue weighted by Crippen LogP contribution is -2.11. The van der Waals surface area contributed by atoms with Crippen molar-refractivity contribution in [3.63, 3.8) is 0 Å². The molecule has 2 aliphatic rings. The molecule has 2 unspecified atom stereocenters. The highest BCUT2D eigenvalue weighted by Crippen LogP contribution is 2.45. The molecule has 0 heterocycles. The third kappa shape index (κ3) is 1.89. The summed E-state index contributed by atoms with van der Waals surface area (Å²) in [6.45, 7) is 0. The van der Waals surface area contributed by atoms with Crippen LogP contribution >= 0.6 is 0 Å². The van der Waals surface area contributed by atoms with Crippen LogP contribution in [-0.4, -0.2) is 0 Å². The second kappa shape index (κ2) is 4.72. The van der Waals surface area contributed by atoms with Crippen LogP contribution in [-0.2, 0) is 0 Å². The fourth-order valence-electron chi connectivity index (χ4n) is 3.27. The third-order valence-corrected chi connectivity index (χ3v) is 4.37. The molecule has 2 atom stereocenters. The predicted octanol–water partition coefficient (Wildman–Crippen LogP) is 4.79. The second-order valence-electron chi connectivity index (χ2n) is 5.63. The van der Waals surface area contributed by atoms with Crippen LogP contribution in [0.4, 0.5) is 0 Å². The smallest absolute Gasteiger partial charge is 0.0646 e. The van der Waals surface area contributed by atoms with Gasteiger partial charge in [0.1, 0.15) is 0 Å². The fourth-order valence-corrected chi connectivity index (χ4v) is 3.27. The van der Waals surface area contributed by atoms with Gasteiger partial charge in [-0.05, 0) is 79.1 Å². The van der Waals surface area contributed by atoms with E-state index in [0.717, 1.165) is 5.92 Å². The lowest BCUT2D eigenvalue weighted by atomic mass is 9.82. The highest BCUT2D eigenvalue weighted by molar-refractivity contribution is 5.57. The molecule has 20 heavy (non-hydrogen) atoms. The molecule has 0 radical (unpaired) electrons. The first-order valence-electron chi connectivity index (χ1n) is 7.29. The summed E-state index contributed by atoms with van der Waals surface area (Å²) in [6, 6.07) is 21.5. The Bertz CT molecular complexity index is 609. The van der Waals surface area contributed by atoms with Gasteiger partial charge in [0.25, 0.3) is 0 Å². The number of hydrogen-bond donors (Lipinski definition) is 0. The molecule has 0 heteroatoms. The molecule has 0 aromatic heterocycles. The Morgan fingerprint density at radius 1 is 0.750 bits per heavy atom. The molecule has 0 bridgehead atoms. The molecule has 0 spiro atoms. The van der Waals surface area contributed by atoms with Gasteiger partial charge in [0.2, 0.25) is 0 Å². The zero-order chi connectivity index (χ0) is 13.4. The minimum atomic E-state index is 0.674. The van der Waals surface area contributed by atoms with E-state index in [1.165, 1.54) is 29.0 Å². The average Bonchev–Trinajstić information content (AvgIpc) is 2.78. The van der Waals surface area contributed by atoms with Crippen molar-refractivity contribution in [1.82, 2.24) is 0 Å². The standard InChI is InChI=1S/C20H17/c1-3-7-15(8-4-1)20(16-9-5-2-6-10-16)19-13-17-11-12-18(17)14-19/h1-13,17-18H,14H2/q+1. The van der Waals surface area contributed by atoms with Gasteiger partial charge in [0.05, 0.1) is 17.0 Å². The maximum atomic E-state index is 2.46. The molecule has 0 amide bonds. The van der Waals surface area contributed by atoms with Crippen LogP contribution in [0, 0.1) is 17.8 Å². The first-order valence-corrected chi connectivity index (χ1v) is 7.29. The summed E-state index contributed by atoms with van der Waals surface area (Å²) in [5.41, 5.74) is 4.15. The molecule has 4 rings (SSSR count). The maximum absolute atomic E-state index is 2.46. The Morgan fingerprint density at radius 2 is 1.35 bits per heavy atom. The molecule has 2 aliphatic carbocycles. The van der Waals surface area contributed by atoms with E-state index >= 15 is 0 Å². The van der Waals surface area contributed by atoms with Crippen LogP contribution in [0.3, 0.4) is 0 Å².